The molecule has 0 spiro atoms. The monoisotopic (exact) mass is 293 g/mol. The zero-order chi connectivity index (χ0) is 15.4. The highest BCUT2D eigenvalue weighted by molar-refractivity contribution is 5.76. The van der Waals surface area contributed by atoms with Gasteiger partial charge in [0.15, 0.2) is 0 Å². The Bertz CT molecular complexity index is 524. The molecule has 0 radical (unpaired) electrons. The van der Waals surface area contributed by atoms with Crippen LogP contribution in [0.25, 0.3) is 0 Å². The van der Waals surface area contributed by atoms with Crippen LogP contribution >= 0.6 is 0 Å². The summed E-state index contributed by atoms with van der Waals surface area (Å²) >= 11 is 0. The number of rotatable bonds is 5. The van der Waals surface area contributed by atoms with Crippen molar-refractivity contribution in [1.29, 1.82) is 0 Å². The molecule has 0 saturated carbocycles. The zero-order valence-corrected chi connectivity index (χ0v) is 12.7. The highest BCUT2D eigenvalue weighted by Crippen LogP contribution is 2.21. The molecule has 2 rings (SSSR count). The first-order chi connectivity index (χ1) is 9.97. The molecule has 1 unspecified atom stereocenters. The largest absolute Gasteiger partial charge is 0.481 e. The topological polar surface area (TPSA) is 75.4 Å². The number of carbonyl (C=O) groups excluding carboxylic acids is 1. The average molecular weight is 293 g/mol. The van der Waals surface area contributed by atoms with Crippen molar-refractivity contribution in [3.8, 4) is 0 Å². The Balaban J connectivity index is 2.01. The third-order valence-corrected chi connectivity index (χ3v) is 4.03. The van der Waals surface area contributed by atoms with E-state index in [-0.39, 0.29) is 24.9 Å². The summed E-state index contributed by atoms with van der Waals surface area (Å²) in [5.74, 6) is -0.761. The Morgan fingerprint density at radius 1 is 1.38 bits per heavy atom. The smallest absolute Gasteiger partial charge is 0.303 e. The van der Waals surface area contributed by atoms with Crippen molar-refractivity contribution in [2.24, 2.45) is 0 Å². The molecule has 0 bridgehead atoms. The normalized spacial score (nSPS) is 18.8. The molecule has 116 valence electrons. The Labute approximate surface area is 124 Å². The number of nitrogens with zero attached hydrogens (tertiary/aromatic N) is 3. The lowest BCUT2D eigenvalue weighted by Gasteiger charge is -2.35. The minimum Gasteiger partial charge on any atom is -0.481 e. The van der Waals surface area contributed by atoms with E-state index < -0.39 is 5.97 Å². The molecule has 21 heavy (non-hydrogen) atoms. The molecule has 1 aliphatic heterocycles. The summed E-state index contributed by atoms with van der Waals surface area (Å²) in [4.78, 5) is 25.1. The molecule has 2 heterocycles. The molecule has 1 fully saturated rings. The lowest BCUT2D eigenvalue weighted by atomic mass is 9.98. The maximum Gasteiger partial charge on any atom is 0.303 e. The van der Waals surface area contributed by atoms with Gasteiger partial charge in [-0.25, -0.2) is 0 Å². The maximum absolute atomic E-state index is 12.5. The fourth-order valence-corrected chi connectivity index (χ4v) is 2.97. The van der Waals surface area contributed by atoms with Gasteiger partial charge in [-0.1, -0.05) is 0 Å². The van der Waals surface area contributed by atoms with Gasteiger partial charge in [0.2, 0.25) is 5.91 Å². The lowest BCUT2D eigenvalue weighted by Crippen LogP contribution is -2.45. The first kappa shape index (κ1) is 15.5. The average Bonchev–Trinajstić information content (AvgIpc) is 2.74. The Kier molecular flexibility index (Phi) is 4.98. The number of aliphatic carboxylic acids is 1. The van der Waals surface area contributed by atoms with Crippen LogP contribution in [0.4, 0.5) is 0 Å². The highest BCUT2D eigenvalue weighted by Gasteiger charge is 2.27. The number of hydrogen-bond acceptors (Lipinski definition) is 3. The summed E-state index contributed by atoms with van der Waals surface area (Å²) < 4.78 is 1.72. The van der Waals surface area contributed by atoms with Crippen molar-refractivity contribution in [3.63, 3.8) is 0 Å². The molecule has 1 aliphatic rings. The third-order valence-electron chi connectivity index (χ3n) is 4.03. The summed E-state index contributed by atoms with van der Waals surface area (Å²) in [5.41, 5.74) is 1.88. The zero-order valence-electron chi connectivity index (χ0n) is 12.7. The minimum atomic E-state index is -0.800. The van der Waals surface area contributed by atoms with E-state index in [0.29, 0.717) is 6.42 Å². The number of piperidine rings is 1. The first-order valence-corrected chi connectivity index (χ1v) is 7.49. The van der Waals surface area contributed by atoms with E-state index in [4.69, 9.17) is 5.11 Å². The summed E-state index contributed by atoms with van der Waals surface area (Å²) in [6.45, 7) is 4.81. The van der Waals surface area contributed by atoms with Gasteiger partial charge >= 0.3 is 5.97 Å². The van der Waals surface area contributed by atoms with Crippen LogP contribution in [0.15, 0.2) is 6.07 Å². The Hall–Kier alpha value is -1.85. The van der Waals surface area contributed by atoms with Crippen LogP contribution in [0.5, 0.6) is 0 Å². The van der Waals surface area contributed by atoms with Crippen LogP contribution in [0, 0.1) is 13.8 Å². The first-order valence-electron chi connectivity index (χ1n) is 7.49. The molecule has 0 aromatic carbocycles. The summed E-state index contributed by atoms with van der Waals surface area (Å²) in [6.07, 6.45) is 3.61. The predicted octanol–water partition coefficient (Wildman–Crippen LogP) is 1.75. The number of amides is 1. The Morgan fingerprint density at radius 3 is 2.76 bits per heavy atom. The predicted molar refractivity (Wildman–Crippen MR) is 77.9 cm³/mol. The van der Waals surface area contributed by atoms with Gasteiger partial charge in [-0.3, -0.25) is 14.3 Å². The van der Waals surface area contributed by atoms with Crippen LogP contribution in [0.2, 0.25) is 0 Å². The van der Waals surface area contributed by atoms with E-state index in [1.54, 1.807) is 4.68 Å². The van der Waals surface area contributed by atoms with Crippen LogP contribution in [0.3, 0.4) is 0 Å². The molecule has 6 nitrogen and oxygen atoms in total. The van der Waals surface area contributed by atoms with E-state index in [2.05, 4.69) is 5.10 Å². The van der Waals surface area contributed by atoms with Gasteiger partial charge in [-0.15, -0.1) is 0 Å². The van der Waals surface area contributed by atoms with E-state index in [9.17, 15) is 9.59 Å². The molecule has 0 aliphatic carbocycles. The fraction of sp³-hybridized carbons (Fsp3) is 0.667. The molecule has 1 aromatic rings. The SMILES string of the molecule is Cc1cc(C)n(CC(=O)N2CCCCC2CCC(=O)O)n1. The van der Waals surface area contributed by atoms with Crippen LogP contribution in [-0.4, -0.2) is 44.3 Å². The third kappa shape index (κ3) is 4.06. The second-order valence-corrected chi connectivity index (χ2v) is 5.75. The van der Waals surface area contributed by atoms with Crippen molar-refractivity contribution >= 4 is 11.9 Å². The number of hydrogen-bond donors (Lipinski definition) is 1. The van der Waals surface area contributed by atoms with Crippen molar-refractivity contribution in [2.45, 2.75) is 58.5 Å². The number of carboxylic acids is 1. The van der Waals surface area contributed by atoms with Gasteiger partial charge in [-0.2, -0.15) is 5.10 Å². The molecule has 1 atom stereocenters. The number of carboxylic acid groups (broad SMARTS) is 1. The van der Waals surface area contributed by atoms with E-state index in [0.717, 1.165) is 37.2 Å². The van der Waals surface area contributed by atoms with Crippen molar-refractivity contribution in [2.75, 3.05) is 6.54 Å². The van der Waals surface area contributed by atoms with E-state index >= 15 is 0 Å². The highest BCUT2D eigenvalue weighted by atomic mass is 16.4. The van der Waals surface area contributed by atoms with Crippen molar-refractivity contribution < 1.29 is 14.7 Å². The number of carbonyl (C=O) groups is 2. The standard InChI is InChI=1S/C15H23N3O3/c1-11-9-12(2)18(16-11)10-14(19)17-8-4-3-5-13(17)6-7-15(20)21/h9,13H,3-8,10H2,1-2H3,(H,20,21). The molecular formula is C15H23N3O3. The van der Waals surface area contributed by atoms with Gasteiger partial charge in [0.1, 0.15) is 6.54 Å². The Morgan fingerprint density at radius 2 is 2.14 bits per heavy atom. The quantitative estimate of drug-likeness (QED) is 0.897. The van der Waals surface area contributed by atoms with Gasteiger partial charge in [-0.05, 0) is 45.6 Å². The van der Waals surface area contributed by atoms with Gasteiger partial charge in [0.25, 0.3) is 0 Å². The second-order valence-electron chi connectivity index (χ2n) is 5.75. The van der Waals surface area contributed by atoms with E-state index in [1.807, 2.05) is 24.8 Å². The van der Waals surface area contributed by atoms with Gasteiger partial charge in [0, 0.05) is 24.7 Å². The molecule has 1 saturated heterocycles. The van der Waals surface area contributed by atoms with Crippen LogP contribution in [-0.2, 0) is 16.1 Å². The van der Waals surface area contributed by atoms with E-state index in [1.165, 1.54) is 0 Å². The van der Waals surface area contributed by atoms with Crippen LogP contribution < -0.4 is 0 Å². The molecule has 1 aromatic heterocycles. The number of aryl methyl sites for hydroxylation is 2. The van der Waals surface area contributed by atoms with Crippen LogP contribution in [0.1, 0.15) is 43.5 Å². The summed E-state index contributed by atoms with van der Waals surface area (Å²) in [5, 5.41) is 13.1. The molecule has 1 N–H and O–H groups in total. The second kappa shape index (κ2) is 6.74. The molecule has 1 amide bonds. The molecular weight excluding hydrogens is 270 g/mol. The fourth-order valence-electron chi connectivity index (χ4n) is 2.97. The summed E-state index contributed by atoms with van der Waals surface area (Å²) in [6, 6.07) is 2.00. The van der Waals surface area contributed by atoms with Gasteiger partial charge < -0.3 is 10.0 Å². The lowest BCUT2D eigenvalue weighted by molar-refractivity contribution is -0.140. The summed E-state index contributed by atoms with van der Waals surface area (Å²) in [7, 11) is 0. The number of aromatic nitrogens is 2. The van der Waals surface area contributed by atoms with Crippen molar-refractivity contribution in [1.82, 2.24) is 14.7 Å². The minimum absolute atomic E-state index is 0.0382. The maximum atomic E-state index is 12.5. The number of likely N-dealkylation sites (tertiary alicyclic amines) is 1. The molecule has 6 heteroatoms. The van der Waals surface area contributed by atoms with Crippen molar-refractivity contribution in [3.05, 3.63) is 17.5 Å². The van der Waals surface area contributed by atoms with Gasteiger partial charge in [0.05, 0.1) is 5.69 Å².